The molecule has 0 bridgehead atoms. The van der Waals surface area contributed by atoms with E-state index in [1.807, 2.05) is 6.92 Å². The van der Waals surface area contributed by atoms with E-state index < -0.39 is 19.0 Å². The van der Waals surface area contributed by atoms with E-state index in [0.29, 0.717) is 18.0 Å². The first kappa shape index (κ1) is 15.0. The topological polar surface area (TPSA) is 58.6 Å². The van der Waals surface area contributed by atoms with Crippen molar-refractivity contribution in [3.8, 4) is 0 Å². The fraction of sp³-hybridized carbons (Fsp3) is 0.545. The van der Waals surface area contributed by atoms with Crippen LogP contribution in [-0.2, 0) is 11.3 Å². The number of carbonyl (C=O) groups is 1. The van der Waals surface area contributed by atoms with Gasteiger partial charge in [0, 0.05) is 18.0 Å². The molecule has 0 saturated carbocycles. The first-order valence-electron chi connectivity index (χ1n) is 5.40. The van der Waals surface area contributed by atoms with Crippen LogP contribution in [0.15, 0.2) is 6.07 Å². The Morgan fingerprint density at radius 1 is 1.61 bits per heavy atom. The number of aryl methyl sites for hydroxylation is 1. The highest BCUT2D eigenvalue weighted by atomic mass is 32.1. The molecule has 102 valence electrons. The summed E-state index contributed by atoms with van der Waals surface area (Å²) in [6.45, 7) is 2.46. The van der Waals surface area contributed by atoms with Gasteiger partial charge in [-0.2, -0.15) is 0 Å². The van der Waals surface area contributed by atoms with Gasteiger partial charge in [0.05, 0.1) is 6.61 Å². The van der Waals surface area contributed by atoms with Crippen molar-refractivity contribution >= 4 is 17.3 Å². The highest BCUT2D eigenvalue weighted by Gasteiger charge is 2.10. The van der Waals surface area contributed by atoms with E-state index in [4.69, 9.17) is 9.84 Å². The highest BCUT2D eigenvalue weighted by Crippen LogP contribution is 2.21. The molecule has 0 atom stereocenters. The molecule has 7 heteroatoms. The maximum atomic E-state index is 11.7. The summed E-state index contributed by atoms with van der Waals surface area (Å²) in [4.78, 5) is 12.0. The van der Waals surface area contributed by atoms with Gasteiger partial charge in [-0.3, -0.25) is 0 Å². The number of carboxylic acid groups (broad SMARTS) is 1. The minimum atomic E-state index is -2.44. The zero-order chi connectivity index (χ0) is 13.5. The van der Waals surface area contributed by atoms with Gasteiger partial charge in [-0.25, -0.2) is 13.6 Å². The molecular weight excluding hydrogens is 264 g/mol. The van der Waals surface area contributed by atoms with Crippen molar-refractivity contribution in [2.75, 3.05) is 19.8 Å². The number of nitrogens with one attached hydrogen (secondary N) is 1. The van der Waals surface area contributed by atoms with Gasteiger partial charge in [0.2, 0.25) is 0 Å². The number of rotatable bonds is 8. The van der Waals surface area contributed by atoms with E-state index >= 15 is 0 Å². The van der Waals surface area contributed by atoms with Gasteiger partial charge < -0.3 is 15.2 Å². The Kier molecular flexibility index (Phi) is 6.17. The van der Waals surface area contributed by atoms with Gasteiger partial charge in [-0.15, -0.1) is 11.3 Å². The largest absolute Gasteiger partial charge is 0.477 e. The maximum Gasteiger partial charge on any atom is 0.345 e. The van der Waals surface area contributed by atoms with Crippen LogP contribution in [0.2, 0.25) is 0 Å². The SMILES string of the molecule is Cc1sc(C(=O)O)cc1CNCCOCC(F)F. The van der Waals surface area contributed by atoms with Crippen LogP contribution in [0.4, 0.5) is 8.78 Å². The standard InChI is InChI=1S/C11H15F2NO3S/c1-7-8(4-9(18-7)11(15)16)5-14-2-3-17-6-10(12)13/h4,10,14H,2-3,5-6H2,1H3,(H,15,16). The summed E-state index contributed by atoms with van der Waals surface area (Å²) in [5.74, 6) is -0.936. The average Bonchev–Trinajstić information content (AvgIpc) is 2.65. The van der Waals surface area contributed by atoms with Gasteiger partial charge >= 0.3 is 5.97 Å². The van der Waals surface area contributed by atoms with Crippen LogP contribution in [0.25, 0.3) is 0 Å². The van der Waals surface area contributed by atoms with Crippen LogP contribution in [0.5, 0.6) is 0 Å². The molecule has 1 aromatic rings. The van der Waals surface area contributed by atoms with Gasteiger partial charge in [-0.1, -0.05) is 0 Å². The number of ether oxygens (including phenoxy) is 1. The number of alkyl halides is 2. The third-order valence-electron chi connectivity index (χ3n) is 2.21. The van der Waals surface area contributed by atoms with Gasteiger partial charge in [0.25, 0.3) is 6.43 Å². The molecule has 0 aliphatic rings. The van der Waals surface area contributed by atoms with Crippen LogP contribution in [0.3, 0.4) is 0 Å². The first-order chi connectivity index (χ1) is 8.50. The summed E-state index contributed by atoms with van der Waals surface area (Å²) >= 11 is 1.22. The van der Waals surface area contributed by atoms with E-state index in [1.54, 1.807) is 6.07 Å². The fourth-order valence-corrected chi connectivity index (χ4v) is 2.22. The molecule has 0 radical (unpaired) electrons. The van der Waals surface area contributed by atoms with Crippen molar-refractivity contribution in [2.24, 2.45) is 0 Å². The quantitative estimate of drug-likeness (QED) is 0.716. The number of aromatic carboxylic acids is 1. The number of thiophene rings is 1. The van der Waals surface area contributed by atoms with E-state index in [9.17, 15) is 13.6 Å². The predicted octanol–water partition coefficient (Wildman–Crippen LogP) is 2.13. The summed E-state index contributed by atoms with van der Waals surface area (Å²) in [5.41, 5.74) is 0.909. The van der Waals surface area contributed by atoms with Crippen LogP contribution in [0, 0.1) is 6.92 Å². The van der Waals surface area contributed by atoms with Crippen molar-refractivity contribution in [1.82, 2.24) is 5.32 Å². The second kappa shape index (κ2) is 7.40. The monoisotopic (exact) mass is 279 g/mol. The third kappa shape index (κ3) is 5.07. The summed E-state index contributed by atoms with van der Waals surface area (Å²) in [7, 11) is 0. The smallest absolute Gasteiger partial charge is 0.345 e. The van der Waals surface area contributed by atoms with E-state index in [1.165, 1.54) is 11.3 Å². The van der Waals surface area contributed by atoms with Gasteiger partial charge in [-0.05, 0) is 18.6 Å². The molecular formula is C11H15F2NO3S. The number of halogens is 2. The van der Waals surface area contributed by atoms with E-state index in [2.05, 4.69) is 5.32 Å². The molecule has 0 amide bonds. The second-order valence-corrected chi connectivity index (χ2v) is 4.90. The Labute approximate surface area is 108 Å². The average molecular weight is 279 g/mol. The zero-order valence-electron chi connectivity index (χ0n) is 9.91. The Morgan fingerprint density at radius 3 is 2.89 bits per heavy atom. The van der Waals surface area contributed by atoms with Crippen LogP contribution in [-0.4, -0.2) is 37.3 Å². The highest BCUT2D eigenvalue weighted by molar-refractivity contribution is 7.14. The Bertz CT molecular complexity index is 396. The lowest BCUT2D eigenvalue weighted by Crippen LogP contribution is -2.20. The second-order valence-electron chi connectivity index (χ2n) is 3.64. The minimum absolute atomic E-state index is 0.208. The molecule has 2 N–H and O–H groups in total. The summed E-state index contributed by atoms with van der Waals surface area (Å²) in [6.07, 6.45) is -2.44. The van der Waals surface area contributed by atoms with Crippen molar-refractivity contribution in [1.29, 1.82) is 0 Å². The molecule has 1 aromatic heterocycles. The molecule has 1 heterocycles. The van der Waals surface area contributed by atoms with Crippen molar-refractivity contribution in [2.45, 2.75) is 19.9 Å². The molecule has 0 unspecified atom stereocenters. The number of hydrogen-bond acceptors (Lipinski definition) is 4. The minimum Gasteiger partial charge on any atom is -0.477 e. The van der Waals surface area contributed by atoms with Crippen molar-refractivity contribution < 1.29 is 23.4 Å². The molecule has 1 rings (SSSR count). The lowest BCUT2D eigenvalue weighted by atomic mass is 10.2. The lowest BCUT2D eigenvalue weighted by Gasteiger charge is -2.05. The molecule has 0 spiro atoms. The number of hydrogen-bond donors (Lipinski definition) is 2. The summed E-state index contributed by atoms with van der Waals surface area (Å²) < 4.78 is 28.2. The van der Waals surface area contributed by atoms with Crippen LogP contribution in [0.1, 0.15) is 20.1 Å². The first-order valence-corrected chi connectivity index (χ1v) is 6.21. The van der Waals surface area contributed by atoms with E-state index in [0.717, 1.165) is 10.4 Å². The van der Waals surface area contributed by atoms with Crippen LogP contribution < -0.4 is 5.32 Å². The third-order valence-corrected chi connectivity index (χ3v) is 3.29. The molecule has 0 aliphatic carbocycles. The summed E-state index contributed by atoms with van der Waals surface area (Å²) in [5, 5.41) is 11.8. The van der Waals surface area contributed by atoms with E-state index in [-0.39, 0.29) is 6.61 Å². The Balaban J connectivity index is 2.25. The zero-order valence-corrected chi connectivity index (χ0v) is 10.7. The maximum absolute atomic E-state index is 11.7. The fourth-order valence-electron chi connectivity index (χ4n) is 1.34. The molecule has 18 heavy (non-hydrogen) atoms. The molecule has 0 aliphatic heterocycles. The van der Waals surface area contributed by atoms with Gasteiger partial charge in [0.15, 0.2) is 0 Å². The summed E-state index contributed by atoms with van der Waals surface area (Å²) in [6, 6.07) is 1.62. The molecule has 0 aromatic carbocycles. The Hall–Kier alpha value is -1.05. The van der Waals surface area contributed by atoms with Gasteiger partial charge in [0.1, 0.15) is 11.5 Å². The predicted molar refractivity (Wildman–Crippen MR) is 64.5 cm³/mol. The van der Waals surface area contributed by atoms with Crippen molar-refractivity contribution in [3.63, 3.8) is 0 Å². The molecule has 0 fully saturated rings. The van der Waals surface area contributed by atoms with Crippen LogP contribution >= 0.6 is 11.3 Å². The van der Waals surface area contributed by atoms with Crippen molar-refractivity contribution in [3.05, 3.63) is 21.4 Å². The molecule has 0 saturated heterocycles. The number of carboxylic acids is 1. The molecule has 4 nitrogen and oxygen atoms in total. The normalized spacial score (nSPS) is 11.1. The Morgan fingerprint density at radius 2 is 2.33 bits per heavy atom. The lowest BCUT2D eigenvalue weighted by molar-refractivity contribution is 0.0187.